The lowest BCUT2D eigenvalue weighted by molar-refractivity contribution is 0.0225. The summed E-state index contributed by atoms with van der Waals surface area (Å²) < 4.78 is 11.2. The summed E-state index contributed by atoms with van der Waals surface area (Å²) in [6, 6.07) is 5.82. The Balaban J connectivity index is 2.18. The average molecular weight is 298 g/mol. The first-order chi connectivity index (χ1) is 9.40. The van der Waals surface area contributed by atoms with Crippen molar-refractivity contribution in [2.45, 2.75) is 38.8 Å². The van der Waals surface area contributed by atoms with Crippen molar-refractivity contribution < 1.29 is 14.3 Å². The largest absolute Gasteiger partial charge is 0.491 e. The molecule has 4 nitrogen and oxygen atoms in total. The fourth-order valence-corrected chi connectivity index (χ4v) is 2.29. The monoisotopic (exact) mass is 297 g/mol. The molecule has 0 bridgehead atoms. The Morgan fingerprint density at radius 3 is 2.85 bits per heavy atom. The van der Waals surface area contributed by atoms with Gasteiger partial charge in [-0.15, -0.1) is 11.6 Å². The molecule has 0 spiro atoms. The van der Waals surface area contributed by atoms with Crippen LogP contribution in [0, 0.1) is 0 Å². The molecule has 0 aliphatic carbocycles. The lowest BCUT2D eigenvalue weighted by Gasteiger charge is -2.26. The van der Waals surface area contributed by atoms with Gasteiger partial charge in [-0.1, -0.05) is 18.2 Å². The lowest BCUT2D eigenvalue weighted by Crippen LogP contribution is -2.37. The number of para-hydroxylation sites is 1. The van der Waals surface area contributed by atoms with Crippen molar-refractivity contribution in [1.82, 2.24) is 4.90 Å². The summed E-state index contributed by atoms with van der Waals surface area (Å²) in [5.41, 5.74) is 1.42. The van der Waals surface area contributed by atoms with Gasteiger partial charge in [0.1, 0.15) is 18.0 Å². The van der Waals surface area contributed by atoms with Gasteiger partial charge in [0, 0.05) is 11.1 Å². The second kappa shape index (κ2) is 5.92. The molecule has 110 valence electrons. The van der Waals surface area contributed by atoms with Gasteiger partial charge in [0.25, 0.3) is 0 Å². The summed E-state index contributed by atoms with van der Waals surface area (Å²) in [5.74, 6) is 1.20. The van der Waals surface area contributed by atoms with Crippen molar-refractivity contribution in [3.05, 3.63) is 29.3 Å². The Morgan fingerprint density at radius 1 is 1.45 bits per heavy atom. The van der Waals surface area contributed by atoms with E-state index in [2.05, 4.69) is 0 Å². The molecule has 1 amide bonds. The van der Waals surface area contributed by atoms with E-state index < -0.39 is 5.60 Å². The standard InChI is InChI=1S/C15H20ClNO3/c1-15(2,3)20-14(18)17-7-8-19-13-11(9-16)5-4-6-12(13)10-17/h4-6H,7-10H2,1-3H3. The molecule has 0 aromatic heterocycles. The number of rotatable bonds is 1. The highest BCUT2D eigenvalue weighted by Crippen LogP contribution is 2.29. The predicted molar refractivity (Wildman–Crippen MR) is 78.1 cm³/mol. The Labute approximate surface area is 124 Å². The molecule has 20 heavy (non-hydrogen) atoms. The number of nitrogens with zero attached hydrogens (tertiary/aromatic N) is 1. The summed E-state index contributed by atoms with van der Waals surface area (Å²) in [4.78, 5) is 13.8. The normalized spacial score (nSPS) is 15.1. The SMILES string of the molecule is CC(C)(C)OC(=O)N1CCOc2c(CCl)cccc2C1. The van der Waals surface area contributed by atoms with E-state index in [9.17, 15) is 4.79 Å². The molecule has 0 fully saturated rings. The molecule has 1 aromatic rings. The minimum atomic E-state index is -0.495. The van der Waals surface area contributed by atoms with Crippen LogP contribution in [0.4, 0.5) is 4.79 Å². The number of amides is 1. The van der Waals surface area contributed by atoms with Crippen LogP contribution in [-0.2, 0) is 17.2 Å². The summed E-state index contributed by atoms with van der Waals surface area (Å²) >= 11 is 5.92. The minimum Gasteiger partial charge on any atom is -0.491 e. The maximum atomic E-state index is 12.2. The topological polar surface area (TPSA) is 38.8 Å². The van der Waals surface area contributed by atoms with Crippen molar-refractivity contribution >= 4 is 17.7 Å². The number of alkyl halides is 1. The highest BCUT2D eigenvalue weighted by molar-refractivity contribution is 6.17. The molecular weight excluding hydrogens is 278 g/mol. The van der Waals surface area contributed by atoms with E-state index in [0.29, 0.717) is 25.6 Å². The van der Waals surface area contributed by atoms with Crippen LogP contribution in [0.2, 0.25) is 0 Å². The number of halogens is 1. The first-order valence-electron chi connectivity index (χ1n) is 6.68. The van der Waals surface area contributed by atoms with E-state index >= 15 is 0 Å². The third kappa shape index (κ3) is 3.57. The predicted octanol–water partition coefficient (Wildman–Crippen LogP) is 3.55. The first kappa shape index (κ1) is 15.0. The molecule has 1 aromatic carbocycles. The molecule has 0 unspecified atom stereocenters. The molecule has 5 heteroatoms. The molecule has 1 heterocycles. The second-order valence-corrected chi connectivity index (χ2v) is 6.06. The quantitative estimate of drug-likeness (QED) is 0.744. The van der Waals surface area contributed by atoms with E-state index in [1.54, 1.807) is 4.90 Å². The number of ether oxygens (including phenoxy) is 2. The van der Waals surface area contributed by atoms with Crippen LogP contribution < -0.4 is 4.74 Å². The zero-order chi connectivity index (χ0) is 14.8. The van der Waals surface area contributed by atoms with Crippen LogP contribution in [0.1, 0.15) is 31.9 Å². The van der Waals surface area contributed by atoms with E-state index in [1.807, 2.05) is 39.0 Å². The van der Waals surface area contributed by atoms with Crippen LogP contribution in [0.5, 0.6) is 5.75 Å². The number of fused-ring (bicyclic) bond motifs is 1. The molecule has 0 saturated heterocycles. The lowest BCUT2D eigenvalue weighted by atomic mass is 10.1. The molecule has 0 saturated carbocycles. The Hall–Kier alpha value is -1.42. The van der Waals surface area contributed by atoms with Crippen molar-refractivity contribution in [2.24, 2.45) is 0 Å². The van der Waals surface area contributed by atoms with Crippen LogP contribution in [0.15, 0.2) is 18.2 Å². The van der Waals surface area contributed by atoms with Gasteiger partial charge in [-0.25, -0.2) is 4.79 Å². The zero-order valence-electron chi connectivity index (χ0n) is 12.1. The van der Waals surface area contributed by atoms with Crippen molar-refractivity contribution in [1.29, 1.82) is 0 Å². The van der Waals surface area contributed by atoms with E-state index in [-0.39, 0.29) is 6.09 Å². The highest BCUT2D eigenvalue weighted by Gasteiger charge is 2.25. The number of hydrogen-bond donors (Lipinski definition) is 0. The van der Waals surface area contributed by atoms with Gasteiger partial charge in [-0.05, 0) is 20.8 Å². The highest BCUT2D eigenvalue weighted by atomic mass is 35.5. The number of carbonyl (C=O) groups is 1. The van der Waals surface area contributed by atoms with Gasteiger partial charge >= 0.3 is 6.09 Å². The maximum absolute atomic E-state index is 12.2. The second-order valence-electron chi connectivity index (χ2n) is 5.79. The minimum absolute atomic E-state index is 0.315. The van der Waals surface area contributed by atoms with Gasteiger partial charge in [0.05, 0.1) is 19.0 Å². The number of benzene rings is 1. The Kier molecular flexibility index (Phi) is 4.43. The maximum Gasteiger partial charge on any atom is 0.410 e. The molecule has 0 atom stereocenters. The molecular formula is C15H20ClNO3. The summed E-state index contributed by atoms with van der Waals surface area (Å²) in [6.45, 7) is 7.01. The van der Waals surface area contributed by atoms with Crippen molar-refractivity contribution in [3.63, 3.8) is 0 Å². The average Bonchev–Trinajstić information content (AvgIpc) is 2.58. The Morgan fingerprint density at radius 2 is 2.20 bits per heavy atom. The molecule has 2 rings (SSSR count). The van der Waals surface area contributed by atoms with Crippen molar-refractivity contribution in [2.75, 3.05) is 13.2 Å². The molecule has 0 radical (unpaired) electrons. The summed E-state index contributed by atoms with van der Waals surface area (Å²) in [7, 11) is 0. The molecule has 0 N–H and O–H groups in total. The van der Waals surface area contributed by atoms with E-state index in [1.165, 1.54) is 0 Å². The number of hydrogen-bond acceptors (Lipinski definition) is 3. The third-order valence-corrected chi connectivity index (χ3v) is 3.23. The van der Waals surface area contributed by atoms with Crippen molar-refractivity contribution in [3.8, 4) is 5.75 Å². The van der Waals surface area contributed by atoms with Crippen LogP contribution >= 0.6 is 11.6 Å². The smallest absolute Gasteiger partial charge is 0.410 e. The van der Waals surface area contributed by atoms with Gasteiger partial charge in [-0.2, -0.15) is 0 Å². The van der Waals surface area contributed by atoms with Crippen LogP contribution in [0.3, 0.4) is 0 Å². The Bertz CT molecular complexity index is 496. The first-order valence-corrected chi connectivity index (χ1v) is 7.21. The van der Waals surface area contributed by atoms with E-state index in [0.717, 1.165) is 16.9 Å². The molecule has 1 aliphatic rings. The van der Waals surface area contributed by atoms with Crippen LogP contribution in [0.25, 0.3) is 0 Å². The zero-order valence-corrected chi connectivity index (χ0v) is 12.9. The van der Waals surface area contributed by atoms with Gasteiger partial charge in [-0.3, -0.25) is 0 Å². The summed E-state index contributed by atoms with van der Waals surface area (Å²) in [5, 5.41) is 0. The third-order valence-electron chi connectivity index (χ3n) is 2.94. The van der Waals surface area contributed by atoms with Gasteiger partial charge in [0.15, 0.2) is 0 Å². The van der Waals surface area contributed by atoms with Gasteiger partial charge in [0.2, 0.25) is 0 Å². The van der Waals surface area contributed by atoms with Crippen LogP contribution in [-0.4, -0.2) is 29.7 Å². The fourth-order valence-electron chi connectivity index (χ4n) is 2.08. The van der Waals surface area contributed by atoms with Gasteiger partial charge < -0.3 is 14.4 Å². The molecule has 1 aliphatic heterocycles. The van der Waals surface area contributed by atoms with E-state index in [4.69, 9.17) is 21.1 Å². The fraction of sp³-hybridized carbons (Fsp3) is 0.533. The number of carbonyl (C=O) groups excluding carboxylic acids is 1. The summed E-state index contributed by atoms with van der Waals surface area (Å²) in [6.07, 6.45) is -0.315.